The maximum Gasteiger partial charge on any atom is 4.00 e. The van der Waals surface area contributed by atoms with Crippen molar-refractivity contribution in [3.05, 3.63) is 96.2 Å². The van der Waals surface area contributed by atoms with Gasteiger partial charge in [0.05, 0.1) is 0 Å². The van der Waals surface area contributed by atoms with Crippen molar-refractivity contribution >= 4 is 9.84 Å². The molecule has 0 heterocycles. The summed E-state index contributed by atoms with van der Waals surface area (Å²) in [4.78, 5) is 0. The molecule has 0 aliphatic heterocycles. The smallest absolute Gasteiger partial charge is 1.00 e. The molecule has 1 radical (unpaired) electrons. The van der Waals surface area contributed by atoms with Crippen molar-refractivity contribution in [3.8, 4) is 0 Å². The first kappa shape index (κ1) is 44.5. The van der Waals surface area contributed by atoms with Gasteiger partial charge in [-0.3, -0.25) is 12.2 Å². The van der Waals surface area contributed by atoms with Gasteiger partial charge in [0.25, 0.3) is 0 Å². The molecule has 6 heteroatoms. The molecule has 0 N–H and O–H groups in total. The van der Waals surface area contributed by atoms with Crippen LogP contribution >= 0.6 is 0 Å². The van der Waals surface area contributed by atoms with Crippen LogP contribution in [0.2, 0.25) is 0 Å². The van der Waals surface area contributed by atoms with Gasteiger partial charge in [-0.2, -0.15) is 22.3 Å². The van der Waals surface area contributed by atoms with Crippen molar-refractivity contribution < 1.29 is 50.7 Å². The summed E-state index contributed by atoms with van der Waals surface area (Å²) in [5, 5.41) is 0. The van der Waals surface area contributed by atoms with E-state index in [1.54, 1.807) is 0 Å². The fraction of sp³-hybridized carbons (Fsp3) is 0.500. The van der Waals surface area contributed by atoms with Gasteiger partial charge in [0, 0.05) is 26.2 Å². The van der Waals surface area contributed by atoms with Crippen LogP contribution in [0.3, 0.4) is 0 Å². The van der Waals surface area contributed by atoms with Crippen molar-refractivity contribution in [2.45, 2.75) is 69.2 Å². The number of rotatable bonds is 10. The Labute approximate surface area is 270 Å². The predicted octanol–water partition coefficient (Wildman–Crippen LogP) is 1.83. The Hall–Kier alpha value is -0.493. The van der Waals surface area contributed by atoms with Crippen LogP contribution in [0.1, 0.15) is 69.2 Å². The Morgan fingerprint density at radius 3 is 0.947 bits per heavy atom. The normalized spacial score (nSPS) is 16.4. The van der Waals surface area contributed by atoms with E-state index in [4.69, 9.17) is 0 Å². The molecule has 0 bridgehead atoms. The third kappa shape index (κ3) is 14.8. The zero-order chi connectivity index (χ0) is 27.4. The molecule has 0 saturated carbocycles. The third-order valence-electron chi connectivity index (χ3n) is 6.91. The summed E-state index contributed by atoms with van der Waals surface area (Å²) < 4.78 is 4.68. The molecule has 2 rings (SSSR count). The van der Waals surface area contributed by atoms with Crippen LogP contribution in [-0.2, 0) is 25.8 Å². The van der Waals surface area contributed by atoms with Gasteiger partial charge in [0.15, 0.2) is 0 Å². The van der Waals surface area contributed by atoms with E-state index in [1.165, 1.54) is 33.4 Å². The first-order chi connectivity index (χ1) is 16.2. The summed E-state index contributed by atoms with van der Waals surface area (Å²) >= 11 is 0. The van der Waals surface area contributed by atoms with Gasteiger partial charge in [0.2, 0.25) is 9.84 Å². The summed E-state index contributed by atoms with van der Waals surface area (Å²) in [6, 6.07) is 0. The monoisotopic (exact) mass is 741 g/mol. The van der Waals surface area contributed by atoms with Crippen LogP contribution in [0, 0.1) is 23.0 Å². The third-order valence-corrected chi connectivity index (χ3v) is 8.40. The molecule has 38 heavy (non-hydrogen) atoms. The Morgan fingerprint density at radius 2 is 0.842 bits per heavy atom. The van der Waals surface area contributed by atoms with Gasteiger partial charge in [-0.1, -0.05) is 90.5 Å². The molecule has 211 valence electrons. The zero-order valence-electron chi connectivity index (χ0n) is 25.7. The number of hydrogen-bond donors (Lipinski definition) is 0. The summed E-state index contributed by atoms with van der Waals surface area (Å²) in [6.07, 6.45) is 14.6. The van der Waals surface area contributed by atoms with Crippen LogP contribution in [0.4, 0.5) is 0 Å². The molecule has 0 spiro atoms. The van der Waals surface area contributed by atoms with E-state index < -0.39 is 0 Å². The molecule has 2 aliphatic carbocycles. The van der Waals surface area contributed by atoms with Gasteiger partial charge in [-0.25, -0.2) is 11.1 Å². The minimum atomic E-state index is 0. The minimum Gasteiger partial charge on any atom is -1.00 e. The molecular formula is C32H51Cl2HfN2Si. The van der Waals surface area contributed by atoms with E-state index in [0.717, 1.165) is 26.2 Å². The maximum absolute atomic E-state index is 3.76. The summed E-state index contributed by atoms with van der Waals surface area (Å²) in [5.74, 6) is 0. The van der Waals surface area contributed by atoms with Gasteiger partial charge in [0.1, 0.15) is 0 Å². The van der Waals surface area contributed by atoms with Gasteiger partial charge < -0.3 is 33.9 Å². The fourth-order valence-corrected chi connectivity index (χ4v) is 5.48. The van der Waals surface area contributed by atoms with E-state index in [1.807, 2.05) is 24.3 Å². The van der Waals surface area contributed by atoms with E-state index in [2.05, 4.69) is 117 Å². The van der Waals surface area contributed by atoms with Crippen LogP contribution in [0.15, 0.2) is 84.1 Å². The summed E-state index contributed by atoms with van der Waals surface area (Å²) in [6.45, 7) is 40.5. The molecular weight excluding hydrogens is 690 g/mol. The molecule has 0 aromatic rings. The fourth-order valence-electron chi connectivity index (χ4n) is 4.04. The van der Waals surface area contributed by atoms with Crippen LogP contribution in [0.25, 0.3) is 0 Å². The second kappa shape index (κ2) is 21.3. The van der Waals surface area contributed by atoms with Crippen LogP contribution < -0.4 is 24.8 Å². The first-order valence-electron chi connectivity index (χ1n) is 12.5. The van der Waals surface area contributed by atoms with Crippen LogP contribution in [0.5, 0.6) is 0 Å². The minimum absolute atomic E-state index is 0. The van der Waals surface area contributed by atoms with Crippen LogP contribution in [-0.4, -0.2) is 45.2 Å². The van der Waals surface area contributed by atoms with Gasteiger partial charge in [-0.15, -0.1) is 40.2 Å². The molecule has 0 fully saturated rings. The van der Waals surface area contributed by atoms with Gasteiger partial charge in [-0.05, 0) is 0 Å². The van der Waals surface area contributed by atoms with E-state index in [9.17, 15) is 0 Å². The number of nitrogens with zero attached hydrogens (tertiary/aromatic N) is 2. The Morgan fingerprint density at radius 1 is 0.605 bits per heavy atom. The zero-order valence-corrected chi connectivity index (χ0v) is 32.0. The Bertz CT molecular complexity index is 803. The molecule has 0 atom stereocenters. The van der Waals surface area contributed by atoms with Crippen molar-refractivity contribution in [2.24, 2.45) is 10.8 Å². The van der Waals surface area contributed by atoms with E-state index in [0.29, 0.717) is 0 Å². The quantitative estimate of drug-likeness (QED) is 0.192. The first-order valence-corrected chi connectivity index (χ1v) is 13.6. The second-order valence-electron chi connectivity index (χ2n) is 10.4. The molecule has 0 unspecified atom stereocenters. The Kier molecular flexibility index (Phi) is 24.9. The molecule has 0 aromatic carbocycles. The average Bonchev–Trinajstić information content (AvgIpc) is 3.06. The number of allylic oxidation sites excluding steroid dienone is 8. The van der Waals surface area contributed by atoms with Crippen molar-refractivity contribution in [1.82, 2.24) is 9.13 Å². The van der Waals surface area contributed by atoms with Gasteiger partial charge >= 0.3 is 25.8 Å². The topological polar surface area (TPSA) is 6.48 Å². The standard InChI is InChI=1S/C12H21N2Si.2C10H15.2ClH.Hf/c1-5-9-13(10-6-2)15-14(11-7-3)12-8-4;2*1-7-6-10(4,5)9(3)8(7)2;;;/h5-8,15H,1-4,9-12H2;2*1-5H3;2*1H;/q;2*-1;;;+4/p-2. The average molecular weight is 741 g/mol. The van der Waals surface area contributed by atoms with Crippen molar-refractivity contribution in [3.63, 3.8) is 0 Å². The predicted molar refractivity (Wildman–Crippen MR) is 160 cm³/mol. The summed E-state index contributed by atoms with van der Waals surface area (Å²) in [7, 11) is 0.100. The SMILES string of the molecule is C=CCN(CC=C)[SiH]N(CC=C)CC=C.CC1=[C-]C(C)(C)C(C)=C1C.CC1=[C-]C(C)(C)C(C)=C1C.[Cl-].[Cl-].[Hf+4]. The van der Waals surface area contributed by atoms with E-state index in [-0.39, 0.29) is 71.3 Å². The molecule has 0 amide bonds. The summed E-state index contributed by atoms with van der Waals surface area (Å²) in [5.41, 5.74) is 8.79. The van der Waals surface area contributed by atoms with Crippen molar-refractivity contribution in [2.75, 3.05) is 26.2 Å². The number of hydrogen-bond acceptors (Lipinski definition) is 2. The second-order valence-corrected chi connectivity index (χ2v) is 12.1. The largest absolute Gasteiger partial charge is 4.00 e. The van der Waals surface area contributed by atoms with Crippen molar-refractivity contribution in [1.29, 1.82) is 0 Å². The molecule has 2 aliphatic rings. The molecule has 2 nitrogen and oxygen atoms in total. The molecule has 0 aromatic heterocycles. The van der Waals surface area contributed by atoms with E-state index >= 15 is 0 Å². The Balaban J connectivity index is -0.000000225. The molecule has 0 saturated heterocycles. The maximum atomic E-state index is 3.76. The number of halogens is 2.